The maximum Gasteiger partial charge on any atom is 0.412 e. The topological polar surface area (TPSA) is 454 Å². The standard InChI is InChI=1S/C74H88Cl2N8O22/c1-6-8-9-10-17-78-74(101)102-41-30-44-57(48(87)31-41)43-23-36(11-14-47(43)86)42-32-50(89)58-39-27-53(103-51-15-12-37(24-45(51)75)62(91)60(81-68(96)35(7-2)22-34(3)4)49(88)26-40(29-56(77)90)69(97)79-58)67(106-73-66(95)65(94)64(93)55(33-85)105-73)54(28-39)104-52-16-13-38(25-46(52)76)63(92)61(82-70(42)98)71(99)80-59(44)72(100)84-20-18-83(5)19-21-84/h11-16,23-25,27-28,30-31,34-35,40,42,55,58-66,73,85-87,91-95H,6-10,17-22,26,29,32-33H2,1-5H3,(H2,77,90)(H,78,101)(H,79,97)(H,80,99)(H,81,96)(H,82,98)/t35-,40+,42-,55-,58-,59+,60+,61+,62-,63-,64-,65+,66-,73+/m1/s1. The molecule has 7 amide bonds. The maximum absolute atomic E-state index is 16.3. The quantitative estimate of drug-likeness (QED) is 0.0548. The van der Waals surface area contributed by atoms with Gasteiger partial charge >= 0.3 is 6.09 Å². The van der Waals surface area contributed by atoms with Gasteiger partial charge in [-0.3, -0.25) is 38.4 Å². The third kappa shape index (κ3) is 18.1. The minimum Gasteiger partial charge on any atom is -0.507 e. The number of halogens is 2. The van der Waals surface area contributed by atoms with Crippen molar-refractivity contribution in [3.8, 4) is 57.1 Å². The number of aromatic hydroxyl groups is 2. The number of benzene rings is 5. The van der Waals surface area contributed by atoms with Crippen molar-refractivity contribution in [1.29, 1.82) is 0 Å². The van der Waals surface area contributed by atoms with Crippen LogP contribution in [0.4, 0.5) is 4.79 Å². The van der Waals surface area contributed by atoms with Crippen molar-refractivity contribution < 1.29 is 108 Å². The third-order valence-corrected chi connectivity index (χ3v) is 20.1. The van der Waals surface area contributed by atoms with E-state index in [0.717, 1.165) is 49.6 Å². The molecule has 2 fully saturated rings. The van der Waals surface area contributed by atoms with Gasteiger partial charge in [-0.15, -0.1) is 0 Å². The SMILES string of the molecule is CCCCCCNC(=O)Oc1cc(O)c2c(c1)[C@@H](C(=O)N1CCN(C)CC1)NC(=O)[C@H]1NC(=O)[C@H](CC(=O)[C@@H]3NC(=O)[C@H](CC(N)=O)CC(=O)[C@H](NC(=O)[C@H](CC)CC(C)C)[C@H](O)c4ccc(c(Cl)c4)Oc4cc3cc(c4O[C@@H]3O[C@H](CO)[C@@H](O)[C@H](O)[C@H]3O)Oc3ccc(cc3Cl)[C@H]1O)c1ccc(O)c-2c1. The summed E-state index contributed by atoms with van der Waals surface area (Å²) in [5.74, 6) is -16.8. The lowest BCUT2D eigenvalue weighted by Gasteiger charge is -2.39. The van der Waals surface area contributed by atoms with Gasteiger partial charge in [0.05, 0.1) is 28.5 Å². The molecule has 106 heavy (non-hydrogen) atoms. The number of carbonyl (C=O) groups is 9. The fraction of sp³-hybridized carbons (Fsp3) is 0.473. The lowest BCUT2D eigenvalue weighted by Crippen LogP contribution is -2.60. The Morgan fingerprint density at radius 1 is 0.698 bits per heavy atom. The van der Waals surface area contributed by atoms with Gasteiger partial charge in [-0.1, -0.05) is 88.4 Å². The van der Waals surface area contributed by atoms with Gasteiger partial charge in [0.2, 0.25) is 47.5 Å². The van der Waals surface area contributed by atoms with Crippen LogP contribution in [-0.2, 0) is 43.1 Å². The number of piperazine rings is 1. The fourth-order valence-electron chi connectivity index (χ4n) is 13.6. The van der Waals surface area contributed by atoms with Gasteiger partial charge in [-0.05, 0) is 115 Å². The number of nitrogens with zero attached hydrogens (tertiary/aromatic N) is 2. The molecule has 14 atom stereocenters. The fourth-order valence-corrected chi connectivity index (χ4v) is 14.1. The first kappa shape index (κ1) is 79.4. The van der Waals surface area contributed by atoms with E-state index in [9.17, 15) is 55.2 Å². The molecule has 0 spiro atoms. The average Bonchev–Trinajstić information content (AvgIpc) is 0.763. The summed E-state index contributed by atoms with van der Waals surface area (Å²) >= 11 is 14.2. The maximum atomic E-state index is 16.3. The lowest BCUT2D eigenvalue weighted by molar-refractivity contribution is -0.277. The van der Waals surface area contributed by atoms with Gasteiger partial charge in [-0.2, -0.15) is 0 Å². The molecule has 5 aromatic carbocycles. The number of Topliss-reactive ketones (excluding diaryl/α,β-unsaturated/α-hetero) is 2. The predicted octanol–water partition coefficient (Wildman–Crippen LogP) is 4.94. The molecule has 0 unspecified atom stereocenters. The van der Waals surface area contributed by atoms with Gasteiger partial charge in [0, 0.05) is 75.1 Å². The van der Waals surface area contributed by atoms with E-state index in [4.69, 9.17) is 52.6 Å². The molecule has 7 aliphatic heterocycles. The molecule has 0 radical (unpaired) electrons. The molecule has 15 N–H and O–H groups in total. The molecule has 32 heteroatoms. The highest BCUT2D eigenvalue weighted by Gasteiger charge is 2.47. The van der Waals surface area contributed by atoms with E-state index in [-0.39, 0.29) is 91.8 Å². The zero-order valence-corrected chi connectivity index (χ0v) is 60.3. The Kier molecular flexibility index (Phi) is 25.9. The number of likely N-dealkylation sites (N-methyl/N-ethyl adjacent to an activating group) is 1. The summed E-state index contributed by atoms with van der Waals surface area (Å²) in [6.07, 6.45) is -13.8. The van der Waals surface area contributed by atoms with Crippen LogP contribution in [0.5, 0.6) is 46.0 Å². The predicted molar refractivity (Wildman–Crippen MR) is 379 cm³/mol. The van der Waals surface area contributed by atoms with Crippen LogP contribution in [0.3, 0.4) is 0 Å². The van der Waals surface area contributed by atoms with E-state index in [2.05, 4.69) is 26.6 Å². The number of aliphatic hydroxyl groups is 6. The second kappa shape index (κ2) is 34.6. The summed E-state index contributed by atoms with van der Waals surface area (Å²) in [6, 6.07) is 7.14. The molecular formula is C74H88Cl2N8O22. The number of unbranched alkanes of at least 4 members (excludes halogenated alkanes) is 3. The number of nitrogens with one attached hydrogen (secondary N) is 5. The van der Waals surface area contributed by atoms with Crippen molar-refractivity contribution in [3.63, 3.8) is 0 Å². The Labute approximate surface area is 619 Å². The number of phenols is 2. The number of carbonyl (C=O) groups excluding carboxylic acids is 9. The molecule has 12 rings (SSSR count). The first-order valence-electron chi connectivity index (χ1n) is 35.1. The van der Waals surface area contributed by atoms with Crippen LogP contribution in [0.15, 0.2) is 78.9 Å². The van der Waals surface area contributed by atoms with Crippen molar-refractivity contribution in [1.82, 2.24) is 36.4 Å². The Balaban J connectivity index is 1.21. The van der Waals surface area contributed by atoms with Gasteiger partial charge in [0.25, 0.3) is 0 Å². The minimum atomic E-state index is -2.17. The van der Waals surface area contributed by atoms with Crippen LogP contribution in [0.25, 0.3) is 11.1 Å². The van der Waals surface area contributed by atoms with Gasteiger partial charge in [0.15, 0.2) is 23.1 Å². The number of rotatable bonds is 17. The van der Waals surface area contributed by atoms with E-state index in [1.807, 2.05) is 32.7 Å². The Morgan fingerprint density at radius 2 is 1.35 bits per heavy atom. The van der Waals surface area contributed by atoms with Crippen LogP contribution in [0, 0.1) is 17.8 Å². The number of ketones is 2. The summed E-state index contributed by atoms with van der Waals surface area (Å²) in [6.45, 7) is 7.78. The Bertz CT molecular complexity index is 4160. The number of amides is 7. The molecule has 2 saturated heterocycles. The Hall–Kier alpha value is -9.21. The molecule has 7 heterocycles. The van der Waals surface area contributed by atoms with E-state index in [0.29, 0.717) is 32.4 Å². The monoisotopic (exact) mass is 1510 g/mol. The molecule has 5 aromatic rings. The molecule has 11 bridgehead atoms. The van der Waals surface area contributed by atoms with Crippen molar-refractivity contribution >= 4 is 76.3 Å². The van der Waals surface area contributed by atoms with Crippen molar-refractivity contribution in [2.24, 2.45) is 23.5 Å². The number of ether oxygens (including phenoxy) is 5. The molecule has 30 nitrogen and oxygen atoms in total. The van der Waals surface area contributed by atoms with Crippen LogP contribution in [0.2, 0.25) is 10.0 Å². The average molecular weight is 1510 g/mol. The number of hydrogen-bond acceptors (Lipinski definition) is 23. The minimum absolute atomic E-state index is 0.00329. The van der Waals surface area contributed by atoms with Crippen molar-refractivity contribution in [3.05, 3.63) is 117 Å². The number of aliphatic hydroxyl groups excluding tert-OH is 6. The van der Waals surface area contributed by atoms with E-state index in [1.54, 1.807) is 6.92 Å². The summed E-state index contributed by atoms with van der Waals surface area (Å²) in [7, 11) is 1.83. The first-order chi connectivity index (χ1) is 50.5. The lowest BCUT2D eigenvalue weighted by atomic mass is 9.84. The molecule has 0 aliphatic carbocycles. The molecular weight excluding hydrogens is 1420 g/mol. The smallest absolute Gasteiger partial charge is 0.412 e. The zero-order chi connectivity index (χ0) is 76.7. The summed E-state index contributed by atoms with van der Waals surface area (Å²) < 4.78 is 31.0. The van der Waals surface area contributed by atoms with Crippen molar-refractivity contribution in [2.75, 3.05) is 46.4 Å². The number of primary amides is 1. The molecule has 570 valence electrons. The van der Waals surface area contributed by atoms with E-state index < -0.39 is 193 Å². The van der Waals surface area contributed by atoms with Crippen molar-refractivity contribution in [2.45, 2.75) is 158 Å². The van der Waals surface area contributed by atoms with Crippen LogP contribution >= 0.6 is 23.2 Å². The Morgan fingerprint density at radius 3 is 1.96 bits per heavy atom. The normalized spacial score (nSPS) is 25.4. The van der Waals surface area contributed by atoms with Gasteiger partial charge < -0.3 is 107 Å². The number of fused-ring (bicyclic) bond motifs is 15. The zero-order valence-electron chi connectivity index (χ0n) is 58.8. The molecule has 0 aromatic heterocycles. The van der Waals surface area contributed by atoms with Gasteiger partial charge in [0.1, 0.15) is 89.5 Å². The summed E-state index contributed by atoms with van der Waals surface area (Å²) in [5, 5.41) is 106. The van der Waals surface area contributed by atoms with Crippen LogP contribution in [0.1, 0.15) is 144 Å². The second-order valence-electron chi connectivity index (χ2n) is 27.7. The van der Waals surface area contributed by atoms with E-state index in [1.165, 1.54) is 53.4 Å². The highest BCUT2D eigenvalue weighted by molar-refractivity contribution is 6.32. The number of nitrogens with two attached hydrogens (primary N) is 1. The van der Waals surface area contributed by atoms with Gasteiger partial charge in [-0.25, -0.2) is 4.79 Å². The highest BCUT2D eigenvalue weighted by Crippen LogP contribution is 2.50. The third-order valence-electron chi connectivity index (χ3n) is 19.5. The summed E-state index contributed by atoms with van der Waals surface area (Å²) in [5.41, 5.74) is 4.10. The molecule has 7 aliphatic rings. The van der Waals surface area contributed by atoms with E-state index >= 15 is 28.8 Å². The molecule has 0 saturated carbocycles. The summed E-state index contributed by atoms with van der Waals surface area (Å²) in [4.78, 5) is 138. The van der Waals surface area contributed by atoms with Crippen LogP contribution < -0.4 is 51.3 Å². The second-order valence-corrected chi connectivity index (χ2v) is 28.5. The first-order valence-corrected chi connectivity index (χ1v) is 35.9. The number of hydrogen-bond donors (Lipinski definition) is 14. The number of phenolic OH excluding ortho intramolecular Hbond substituents is 2. The highest BCUT2D eigenvalue weighted by atomic mass is 35.5. The van der Waals surface area contributed by atoms with Crippen LogP contribution in [-0.4, -0.2) is 193 Å². The largest absolute Gasteiger partial charge is 0.507 e.